The summed E-state index contributed by atoms with van der Waals surface area (Å²) in [4.78, 5) is -0.357. The van der Waals surface area contributed by atoms with E-state index in [0.29, 0.717) is 4.47 Å². The number of sulfonamides is 1. The molecule has 2 rings (SSSR count). The normalized spacial score (nSPS) is 11.7. The summed E-state index contributed by atoms with van der Waals surface area (Å²) in [6.07, 6.45) is 1.81. The first kappa shape index (κ1) is 14.2. The molecular weight excluding hydrogens is 335 g/mol. The molecule has 0 aliphatic carbocycles. The average molecular weight is 347 g/mol. The Bertz CT molecular complexity index is 698. The van der Waals surface area contributed by atoms with Crippen molar-refractivity contribution in [2.45, 2.75) is 11.4 Å². The van der Waals surface area contributed by atoms with Crippen molar-refractivity contribution in [2.75, 3.05) is 0 Å². The summed E-state index contributed by atoms with van der Waals surface area (Å²) >= 11 is 3.08. The van der Waals surface area contributed by atoms with Gasteiger partial charge in [0.2, 0.25) is 10.0 Å². The van der Waals surface area contributed by atoms with Crippen molar-refractivity contribution in [1.29, 1.82) is 0 Å². The van der Waals surface area contributed by atoms with Crippen molar-refractivity contribution in [3.8, 4) is 0 Å². The molecule has 0 radical (unpaired) electrons. The number of aryl methyl sites for hydroxylation is 1. The lowest BCUT2D eigenvalue weighted by molar-refractivity contribution is 0.555. The van der Waals surface area contributed by atoms with Crippen LogP contribution in [0.4, 0.5) is 4.39 Å². The molecule has 1 aromatic carbocycles. The number of nitrogens with zero attached hydrogens (tertiary/aromatic N) is 1. The van der Waals surface area contributed by atoms with E-state index in [1.165, 1.54) is 12.1 Å². The van der Waals surface area contributed by atoms with E-state index in [1.807, 2.05) is 19.3 Å². The Morgan fingerprint density at radius 1 is 1.37 bits per heavy atom. The molecule has 0 saturated carbocycles. The predicted molar refractivity (Wildman–Crippen MR) is 73.5 cm³/mol. The first-order chi connectivity index (χ1) is 8.90. The van der Waals surface area contributed by atoms with Gasteiger partial charge in [-0.1, -0.05) is 15.9 Å². The summed E-state index contributed by atoms with van der Waals surface area (Å²) in [6.45, 7) is 0.112. The smallest absolute Gasteiger partial charge is 0.243 e. The van der Waals surface area contributed by atoms with Crippen LogP contribution in [0.5, 0.6) is 0 Å². The van der Waals surface area contributed by atoms with Crippen LogP contribution in [0, 0.1) is 5.82 Å². The van der Waals surface area contributed by atoms with E-state index < -0.39 is 15.8 Å². The van der Waals surface area contributed by atoms with Gasteiger partial charge in [-0.05, 0) is 30.3 Å². The van der Waals surface area contributed by atoms with Crippen LogP contribution in [0.25, 0.3) is 0 Å². The quantitative estimate of drug-likeness (QED) is 0.924. The van der Waals surface area contributed by atoms with Gasteiger partial charge in [0.15, 0.2) is 0 Å². The highest BCUT2D eigenvalue weighted by Crippen LogP contribution is 2.19. The monoisotopic (exact) mass is 346 g/mol. The lowest BCUT2D eigenvalue weighted by Gasteiger charge is -2.08. The molecule has 0 bridgehead atoms. The number of hydrogen-bond donors (Lipinski definition) is 1. The van der Waals surface area contributed by atoms with Crippen LogP contribution >= 0.6 is 15.9 Å². The van der Waals surface area contributed by atoms with E-state index in [4.69, 9.17) is 0 Å². The maximum absolute atomic E-state index is 13.6. The number of halogens is 2. The van der Waals surface area contributed by atoms with Crippen LogP contribution < -0.4 is 4.72 Å². The highest BCUT2D eigenvalue weighted by Gasteiger charge is 2.19. The summed E-state index contributed by atoms with van der Waals surface area (Å²) < 4.78 is 42.3. The molecule has 0 aliphatic rings. The molecule has 1 N–H and O–H groups in total. The molecule has 0 saturated heterocycles. The largest absolute Gasteiger partial charge is 0.353 e. The third-order valence-electron chi connectivity index (χ3n) is 2.68. The molecule has 7 heteroatoms. The van der Waals surface area contributed by atoms with Crippen molar-refractivity contribution in [3.05, 3.63) is 52.5 Å². The van der Waals surface area contributed by atoms with Gasteiger partial charge in [-0.3, -0.25) is 0 Å². The van der Waals surface area contributed by atoms with Crippen molar-refractivity contribution < 1.29 is 12.8 Å². The second kappa shape index (κ2) is 5.44. The summed E-state index contributed by atoms with van der Waals surface area (Å²) in [5, 5.41) is 0. The molecule has 0 atom stereocenters. The highest BCUT2D eigenvalue weighted by atomic mass is 79.9. The molecule has 0 unspecified atom stereocenters. The molecule has 4 nitrogen and oxygen atoms in total. The summed E-state index contributed by atoms with van der Waals surface area (Å²) in [5.74, 6) is -0.784. The van der Waals surface area contributed by atoms with Crippen molar-refractivity contribution in [3.63, 3.8) is 0 Å². The van der Waals surface area contributed by atoms with Crippen LogP contribution in [0.2, 0.25) is 0 Å². The lowest BCUT2D eigenvalue weighted by atomic mass is 10.3. The minimum absolute atomic E-state index is 0.112. The van der Waals surface area contributed by atoms with Crippen molar-refractivity contribution in [1.82, 2.24) is 9.29 Å². The van der Waals surface area contributed by atoms with Gasteiger partial charge >= 0.3 is 0 Å². The van der Waals surface area contributed by atoms with Crippen LogP contribution in [0.1, 0.15) is 5.69 Å². The van der Waals surface area contributed by atoms with Gasteiger partial charge in [0.1, 0.15) is 10.7 Å². The summed E-state index contributed by atoms with van der Waals surface area (Å²) in [7, 11) is -2.05. The first-order valence-electron chi connectivity index (χ1n) is 5.45. The minimum atomic E-state index is -3.86. The van der Waals surface area contributed by atoms with Crippen LogP contribution in [-0.4, -0.2) is 13.0 Å². The van der Waals surface area contributed by atoms with Crippen LogP contribution in [0.3, 0.4) is 0 Å². The van der Waals surface area contributed by atoms with Crippen molar-refractivity contribution in [2.24, 2.45) is 7.05 Å². The number of aromatic nitrogens is 1. The second-order valence-electron chi connectivity index (χ2n) is 4.01. The maximum atomic E-state index is 13.6. The molecule has 102 valence electrons. The Morgan fingerprint density at radius 3 is 2.68 bits per heavy atom. The fraction of sp³-hybridized carbons (Fsp3) is 0.167. The lowest BCUT2D eigenvalue weighted by Crippen LogP contribution is -2.25. The number of benzene rings is 1. The Balaban J connectivity index is 2.21. The molecule has 0 amide bonds. The van der Waals surface area contributed by atoms with Crippen LogP contribution in [-0.2, 0) is 23.6 Å². The molecule has 19 heavy (non-hydrogen) atoms. The highest BCUT2D eigenvalue weighted by molar-refractivity contribution is 9.10. The van der Waals surface area contributed by atoms with Gasteiger partial charge in [-0.15, -0.1) is 0 Å². The summed E-state index contributed by atoms with van der Waals surface area (Å²) in [6, 6.07) is 7.44. The zero-order valence-corrected chi connectivity index (χ0v) is 12.5. The number of hydrogen-bond acceptors (Lipinski definition) is 2. The van der Waals surface area contributed by atoms with Crippen molar-refractivity contribution >= 4 is 26.0 Å². The fourth-order valence-electron chi connectivity index (χ4n) is 1.62. The molecule has 0 aliphatic heterocycles. The average Bonchev–Trinajstić information content (AvgIpc) is 2.72. The van der Waals surface area contributed by atoms with Gasteiger partial charge < -0.3 is 4.57 Å². The minimum Gasteiger partial charge on any atom is -0.353 e. The van der Waals surface area contributed by atoms with E-state index >= 15 is 0 Å². The third-order valence-corrected chi connectivity index (χ3v) is 4.61. The maximum Gasteiger partial charge on any atom is 0.243 e. The fourth-order valence-corrected chi connectivity index (χ4v) is 3.01. The summed E-state index contributed by atoms with van der Waals surface area (Å²) in [5.41, 5.74) is 0.793. The van der Waals surface area contributed by atoms with E-state index in [0.717, 1.165) is 11.8 Å². The molecular formula is C12H12BrFN2O2S. The Kier molecular flexibility index (Phi) is 4.07. The van der Waals surface area contributed by atoms with Gasteiger partial charge in [-0.2, -0.15) is 0 Å². The third kappa shape index (κ3) is 3.23. The number of rotatable bonds is 4. The zero-order valence-electron chi connectivity index (χ0n) is 10.1. The molecule has 1 heterocycles. The standard InChI is InChI=1S/C12H12BrFN2O2S/c1-16-6-2-3-10(16)8-15-19(17,18)12-5-4-9(13)7-11(12)14/h2-7,15H,8H2,1H3. The van der Waals surface area contributed by atoms with Gasteiger partial charge in [0.05, 0.1) is 6.54 Å². The SMILES string of the molecule is Cn1cccc1CNS(=O)(=O)c1ccc(Br)cc1F. The van der Waals surface area contributed by atoms with E-state index in [-0.39, 0.29) is 11.4 Å². The Hall–Kier alpha value is -1.18. The predicted octanol–water partition coefficient (Wildman–Crippen LogP) is 2.41. The first-order valence-corrected chi connectivity index (χ1v) is 7.73. The molecule has 1 aromatic heterocycles. The topological polar surface area (TPSA) is 51.1 Å². The Morgan fingerprint density at radius 2 is 2.11 bits per heavy atom. The van der Waals surface area contributed by atoms with E-state index in [9.17, 15) is 12.8 Å². The molecule has 2 aromatic rings. The van der Waals surface area contributed by atoms with Gasteiger partial charge in [0.25, 0.3) is 0 Å². The zero-order chi connectivity index (χ0) is 14.0. The molecule has 0 spiro atoms. The number of nitrogens with one attached hydrogen (secondary N) is 1. The van der Waals surface area contributed by atoms with Gasteiger partial charge in [0, 0.05) is 23.4 Å². The van der Waals surface area contributed by atoms with Gasteiger partial charge in [-0.25, -0.2) is 17.5 Å². The van der Waals surface area contributed by atoms with E-state index in [2.05, 4.69) is 20.7 Å². The second-order valence-corrected chi connectivity index (χ2v) is 6.66. The molecule has 0 fully saturated rings. The Labute approximate surface area is 119 Å². The van der Waals surface area contributed by atoms with E-state index in [1.54, 1.807) is 10.6 Å². The van der Waals surface area contributed by atoms with Crippen LogP contribution in [0.15, 0.2) is 45.9 Å².